The first-order chi connectivity index (χ1) is 9.47. The zero-order valence-electron chi connectivity index (χ0n) is 11.3. The third-order valence-corrected chi connectivity index (χ3v) is 3.42. The number of hydrogen-bond donors (Lipinski definition) is 2. The maximum Gasteiger partial charge on any atom is 0.322 e. The molecule has 1 aliphatic rings. The van der Waals surface area contributed by atoms with Gasteiger partial charge in [0.2, 0.25) is 0 Å². The van der Waals surface area contributed by atoms with Gasteiger partial charge < -0.3 is 15.3 Å². The zero-order valence-corrected chi connectivity index (χ0v) is 11.3. The molecule has 110 valence electrons. The molecule has 1 heterocycles. The molecule has 6 heteroatoms. The number of halogens is 2. The first kappa shape index (κ1) is 14.7. The predicted octanol–water partition coefficient (Wildman–Crippen LogP) is 2.73. The van der Waals surface area contributed by atoms with Gasteiger partial charge in [-0.15, -0.1) is 0 Å². The highest BCUT2D eigenvalue weighted by atomic mass is 19.1. The van der Waals surface area contributed by atoms with E-state index in [0.717, 1.165) is 25.0 Å². The second-order valence-electron chi connectivity index (χ2n) is 5.13. The smallest absolute Gasteiger partial charge is 0.322 e. The molecule has 0 spiro atoms. The monoisotopic (exact) mass is 284 g/mol. The molecule has 1 aliphatic heterocycles. The summed E-state index contributed by atoms with van der Waals surface area (Å²) in [5.41, 5.74) is -0.0425. The van der Waals surface area contributed by atoms with Gasteiger partial charge in [-0.1, -0.05) is 0 Å². The maximum absolute atomic E-state index is 13.5. The summed E-state index contributed by atoms with van der Waals surface area (Å²) in [6, 6.07) is 2.56. The van der Waals surface area contributed by atoms with Crippen molar-refractivity contribution in [2.45, 2.75) is 38.3 Å². The lowest BCUT2D eigenvalue weighted by atomic mass is 10.1. The Morgan fingerprint density at radius 1 is 1.55 bits per heavy atom. The van der Waals surface area contributed by atoms with E-state index in [4.69, 9.17) is 0 Å². The molecule has 0 aromatic heterocycles. The maximum atomic E-state index is 13.5. The molecule has 0 bridgehead atoms. The van der Waals surface area contributed by atoms with E-state index < -0.39 is 23.8 Å². The highest BCUT2D eigenvalue weighted by Gasteiger charge is 2.29. The van der Waals surface area contributed by atoms with Crippen molar-refractivity contribution in [2.24, 2.45) is 0 Å². The van der Waals surface area contributed by atoms with Gasteiger partial charge in [0.15, 0.2) is 0 Å². The number of nitrogens with zero attached hydrogens (tertiary/aromatic N) is 1. The summed E-state index contributed by atoms with van der Waals surface area (Å²) in [7, 11) is 0. The first-order valence-corrected chi connectivity index (χ1v) is 6.68. The van der Waals surface area contributed by atoms with E-state index in [2.05, 4.69) is 5.32 Å². The van der Waals surface area contributed by atoms with Gasteiger partial charge in [-0.2, -0.15) is 0 Å². The van der Waals surface area contributed by atoms with Gasteiger partial charge in [0.05, 0.1) is 11.8 Å². The average Bonchev–Trinajstić information content (AvgIpc) is 2.80. The Bertz CT molecular complexity index is 494. The Hall–Kier alpha value is -1.69. The SMILES string of the molecule is CC(O)CC1CCCN1C(=O)Nc1ccc(F)cc1F. The van der Waals surface area contributed by atoms with Crippen molar-refractivity contribution < 1.29 is 18.7 Å². The molecule has 1 aromatic rings. The average molecular weight is 284 g/mol. The Balaban J connectivity index is 2.03. The Labute approximate surface area is 116 Å². The molecule has 0 radical (unpaired) electrons. The molecular formula is C14H18F2N2O2. The van der Waals surface area contributed by atoms with Crippen LogP contribution < -0.4 is 5.32 Å². The molecule has 20 heavy (non-hydrogen) atoms. The van der Waals surface area contributed by atoms with Gasteiger partial charge in [-0.25, -0.2) is 13.6 Å². The first-order valence-electron chi connectivity index (χ1n) is 6.68. The summed E-state index contributed by atoms with van der Waals surface area (Å²) in [5, 5.41) is 11.9. The molecule has 1 aromatic carbocycles. The van der Waals surface area contributed by atoms with E-state index in [1.54, 1.807) is 11.8 Å². The van der Waals surface area contributed by atoms with E-state index >= 15 is 0 Å². The molecule has 2 amide bonds. The van der Waals surface area contributed by atoms with Crippen LogP contribution in [0.2, 0.25) is 0 Å². The lowest BCUT2D eigenvalue weighted by molar-refractivity contribution is 0.142. The van der Waals surface area contributed by atoms with E-state index in [1.807, 2.05) is 0 Å². The van der Waals surface area contributed by atoms with Crippen LogP contribution in [0, 0.1) is 11.6 Å². The third kappa shape index (κ3) is 3.45. The molecule has 2 rings (SSSR count). The molecule has 2 unspecified atom stereocenters. The number of aliphatic hydroxyl groups excluding tert-OH is 1. The molecule has 1 fully saturated rings. The summed E-state index contributed by atoms with van der Waals surface area (Å²) in [5.74, 6) is -1.49. The minimum absolute atomic E-state index is 0.0425. The lowest BCUT2D eigenvalue weighted by Gasteiger charge is -2.26. The lowest BCUT2D eigenvalue weighted by Crippen LogP contribution is -2.40. The van der Waals surface area contributed by atoms with Gasteiger partial charge in [0, 0.05) is 18.7 Å². The van der Waals surface area contributed by atoms with Crippen molar-refractivity contribution in [1.29, 1.82) is 0 Å². The largest absolute Gasteiger partial charge is 0.393 e. The quantitative estimate of drug-likeness (QED) is 0.896. The van der Waals surface area contributed by atoms with Crippen molar-refractivity contribution in [3.05, 3.63) is 29.8 Å². The number of rotatable bonds is 3. The van der Waals surface area contributed by atoms with Crippen molar-refractivity contribution in [1.82, 2.24) is 4.90 Å². The number of nitrogens with one attached hydrogen (secondary N) is 1. The molecular weight excluding hydrogens is 266 g/mol. The number of urea groups is 1. The van der Waals surface area contributed by atoms with E-state index in [0.29, 0.717) is 13.0 Å². The van der Waals surface area contributed by atoms with Crippen LogP contribution in [-0.4, -0.2) is 34.7 Å². The summed E-state index contributed by atoms with van der Waals surface area (Å²) in [4.78, 5) is 13.7. The van der Waals surface area contributed by atoms with Crippen LogP contribution in [0.3, 0.4) is 0 Å². The topological polar surface area (TPSA) is 52.6 Å². The number of anilines is 1. The van der Waals surface area contributed by atoms with Crippen LogP contribution in [-0.2, 0) is 0 Å². The molecule has 2 atom stereocenters. The fourth-order valence-electron chi connectivity index (χ4n) is 2.52. The van der Waals surface area contributed by atoms with Crippen LogP contribution in [0.15, 0.2) is 18.2 Å². The number of hydrogen-bond acceptors (Lipinski definition) is 2. The van der Waals surface area contributed by atoms with Crippen LogP contribution >= 0.6 is 0 Å². The van der Waals surface area contributed by atoms with E-state index in [-0.39, 0.29) is 11.7 Å². The van der Waals surface area contributed by atoms with Gasteiger partial charge in [-0.3, -0.25) is 0 Å². The second-order valence-corrected chi connectivity index (χ2v) is 5.13. The Morgan fingerprint density at radius 3 is 2.95 bits per heavy atom. The van der Waals surface area contributed by atoms with Gasteiger partial charge in [0.25, 0.3) is 0 Å². The Kier molecular flexibility index (Phi) is 4.54. The van der Waals surface area contributed by atoms with E-state index in [1.165, 1.54) is 6.07 Å². The second kappa shape index (κ2) is 6.17. The van der Waals surface area contributed by atoms with E-state index in [9.17, 15) is 18.7 Å². The van der Waals surface area contributed by atoms with Crippen molar-refractivity contribution in [3.63, 3.8) is 0 Å². The van der Waals surface area contributed by atoms with Crippen molar-refractivity contribution in [3.8, 4) is 0 Å². The number of aliphatic hydroxyl groups is 1. The van der Waals surface area contributed by atoms with Gasteiger partial charge in [-0.05, 0) is 38.3 Å². The molecule has 0 aliphatic carbocycles. The fraction of sp³-hybridized carbons (Fsp3) is 0.500. The van der Waals surface area contributed by atoms with Gasteiger partial charge >= 0.3 is 6.03 Å². The number of benzene rings is 1. The Morgan fingerprint density at radius 2 is 2.30 bits per heavy atom. The number of likely N-dealkylation sites (tertiary alicyclic amines) is 1. The minimum atomic E-state index is -0.801. The van der Waals surface area contributed by atoms with Crippen LogP contribution in [0.25, 0.3) is 0 Å². The zero-order chi connectivity index (χ0) is 14.7. The van der Waals surface area contributed by atoms with Gasteiger partial charge in [0.1, 0.15) is 11.6 Å². The fourth-order valence-corrected chi connectivity index (χ4v) is 2.52. The van der Waals surface area contributed by atoms with Crippen LogP contribution in [0.4, 0.5) is 19.3 Å². The summed E-state index contributed by atoms with van der Waals surface area (Å²) in [6.45, 7) is 2.25. The highest BCUT2D eigenvalue weighted by Crippen LogP contribution is 2.23. The third-order valence-electron chi connectivity index (χ3n) is 3.42. The summed E-state index contributed by atoms with van der Waals surface area (Å²) in [6.07, 6.45) is 1.69. The molecule has 0 saturated carbocycles. The highest BCUT2D eigenvalue weighted by molar-refractivity contribution is 5.89. The minimum Gasteiger partial charge on any atom is -0.393 e. The predicted molar refractivity (Wildman–Crippen MR) is 71.4 cm³/mol. The van der Waals surface area contributed by atoms with Crippen LogP contribution in [0.5, 0.6) is 0 Å². The standard InChI is InChI=1S/C14H18F2N2O2/c1-9(19)7-11-3-2-6-18(11)14(20)17-13-5-4-10(15)8-12(13)16/h4-5,8-9,11,19H,2-3,6-7H2,1H3,(H,17,20). The summed E-state index contributed by atoms with van der Waals surface area (Å²) >= 11 is 0. The molecule has 2 N–H and O–H groups in total. The number of carbonyl (C=O) groups excluding carboxylic acids is 1. The van der Waals surface area contributed by atoms with Crippen molar-refractivity contribution >= 4 is 11.7 Å². The van der Waals surface area contributed by atoms with Crippen LogP contribution in [0.1, 0.15) is 26.2 Å². The number of amides is 2. The normalized spacial score (nSPS) is 20.0. The number of carbonyl (C=O) groups is 1. The van der Waals surface area contributed by atoms with Crippen molar-refractivity contribution in [2.75, 3.05) is 11.9 Å². The molecule has 4 nitrogen and oxygen atoms in total. The molecule has 1 saturated heterocycles. The summed E-state index contributed by atoms with van der Waals surface area (Å²) < 4.78 is 26.3.